The summed E-state index contributed by atoms with van der Waals surface area (Å²) in [5.74, 6) is 0.191. The Bertz CT molecular complexity index is 628. The number of unbranched alkanes of at least 4 members (excludes halogenated alkanes) is 2. The number of fused-ring (bicyclic) bond motifs is 1. The van der Waals surface area contributed by atoms with Crippen LogP contribution in [0.25, 0.3) is 11.0 Å². The largest absolute Gasteiger partial charge is 0.325 e. The van der Waals surface area contributed by atoms with Crippen LogP contribution in [0.15, 0.2) is 24.3 Å². The van der Waals surface area contributed by atoms with Crippen LogP contribution in [0.4, 0.5) is 0 Å². The van der Waals surface area contributed by atoms with E-state index in [1.165, 1.54) is 0 Å². The van der Waals surface area contributed by atoms with Gasteiger partial charge in [0.25, 0.3) is 0 Å². The van der Waals surface area contributed by atoms with Crippen LogP contribution in [0.1, 0.15) is 49.6 Å². The van der Waals surface area contributed by atoms with Crippen molar-refractivity contribution in [2.24, 2.45) is 7.05 Å². The summed E-state index contributed by atoms with van der Waals surface area (Å²) in [5, 5.41) is 0. The summed E-state index contributed by atoms with van der Waals surface area (Å²) in [6, 6.07) is 7.59. The molecule has 0 unspecified atom stereocenters. The van der Waals surface area contributed by atoms with E-state index >= 15 is 0 Å². The molecule has 0 aliphatic rings. The summed E-state index contributed by atoms with van der Waals surface area (Å²) in [6.07, 6.45) is 3.42. The number of imidazole rings is 1. The Morgan fingerprint density at radius 3 is 2.65 bits per heavy atom. The molecule has 0 aliphatic heterocycles. The number of carbonyl (C=O) groups excluding carboxylic acids is 2. The van der Waals surface area contributed by atoms with E-state index in [-0.39, 0.29) is 18.0 Å². The number of aryl methyl sites for hydroxylation is 1. The Labute approximate surface area is 118 Å². The summed E-state index contributed by atoms with van der Waals surface area (Å²) in [6.45, 7) is 2.09. The normalized spacial score (nSPS) is 10.9. The van der Waals surface area contributed by atoms with E-state index < -0.39 is 0 Å². The molecular weight excluding hydrogens is 252 g/mol. The first kappa shape index (κ1) is 14.4. The summed E-state index contributed by atoms with van der Waals surface area (Å²) in [7, 11) is 1.81. The van der Waals surface area contributed by atoms with Gasteiger partial charge in [-0.15, -0.1) is 0 Å². The smallest absolute Gasteiger partial charge is 0.205 e. The van der Waals surface area contributed by atoms with E-state index in [4.69, 9.17) is 0 Å². The highest BCUT2D eigenvalue weighted by molar-refractivity contribution is 6.07. The molecule has 0 radical (unpaired) electrons. The average Bonchev–Trinajstić information content (AvgIpc) is 2.77. The van der Waals surface area contributed by atoms with Gasteiger partial charge >= 0.3 is 0 Å². The topological polar surface area (TPSA) is 52.0 Å². The number of aromatic nitrogens is 2. The molecule has 0 spiro atoms. The molecule has 0 N–H and O–H groups in total. The van der Waals surface area contributed by atoms with Gasteiger partial charge in [-0.2, -0.15) is 0 Å². The van der Waals surface area contributed by atoms with Crippen LogP contribution < -0.4 is 0 Å². The number of ketones is 2. The third-order valence-electron chi connectivity index (χ3n) is 3.45. The molecule has 0 bridgehead atoms. The SMILES string of the molecule is CCCCCC(=O)CC(=O)c1nc2ccccc2n1C. The zero-order chi connectivity index (χ0) is 14.5. The number of rotatable bonds is 7. The molecule has 106 valence electrons. The van der Waals surface area contributed by atoms with Crippen molar-refractivity contribution in [2.45, 2.75) is 39.0 Å². The maximum absolute atomic E-state index is 12.2. The standard InChI is InChI=1S/C16H20N2O2/c1-3-4-5-8-12(19)11-15(20)16-17-13-9-6-7-10-14(13)18(16)2/h6-7,9-10H,3-5,8,11H2,1-2H3. The number of nitrogens with zero attached hydrogens (tertiary/aromatic N) is 2. The maximum Gasteiger partial charge on any atom is 0.205 e. The third kappa shape index (κ3) is 3.13. The minimum Gasteiger partial charge on any atom is -0.325 e. The molecule has 2 aromatic rings. The highest BCUT2D eigenvalue weighted by Gasteiger charge is 2.17. The molecular formula is C16H20N2O2. The van der Waals surface area contributed by atoms with Crippen molar-refractivity contribution >= 4 is 22.6 Å². The van der Waals surface area contributed by atoms with Crippen molar-refractivity contribution in [3.63, 3.8) is 0 Å². The van der Waals surface area contributed by atoms with Crippen LogP contribution in [0.2, 0.25) is 0 Å². The minimum atomic E-state index is -0.190. The zero-order valence-corrected chi connectivity index (χ0v) is 12.1. The fraction of sp³-hybridized carbons (Fsp3) is 0.438. The van der Waals surface area contributed by atoms with E-state index in [1.807, 2.05) is 31.3 Å². The number of carbonyl (C=O) groups is 2. The van der Waals surface area contributed by atoms with Crippen LogP contribution in [-0.2, 0) is 11.8 Å². The summed E-state index contributed by atoms with van der Waals surface area (Å²) in [4.78, 5) is 28.3. The highest BCUT2D eigenvalue weighted by atomic mass is 16.1. The van der Waals surface area contributed by atoms with E-state index in [0.29, 0.717) is 12.2 Å². The number of Topliss-reactive ketones (excluding diaryl/α,β-unsaturated/α-hetero) is 2. The number of para-hydroxylation sites is 2. The van der Waals surface area contributed by atoms with E-state index in [2.05, 4.69) is 11.9 Å². The van der Waals surface area contributed by atoms with E-state index in [0.717, 1.165) is 30.3 Å². The lowest BCUT2D eigenvalue weighted by Gasteiger charge is -2.01. The van der Waals surface area contributed by atoms with Gasteiger partial charge in [0.2, 0.25) is 5.78 Å². The van der Waals surface area contributed by atoms with Gasteiger partial charge in [-0.25, -0.2) is 4.98 Å². The van der Waals surface area contributed by atoms with Gasteiger partial charge in [0.1, 0.15) is 5.78 Å². The first-order valence-corrected chi connectivity index (χ1v) is 7.10. The first-order valence-electron chi connectivity index (χ1n) is 7.10. The fourth-order valence-corrected chi connectivity index (χ4v) is 2.31. The second-order valence-corrected chi connectivity index (χ2v) is 5.08. The first-order chi connectivity index (χ1) is 9.63. The van der Waals surface area contributed by atoms with Crippen molar-refractivity contribution in [1.82, 2.24) is 9.55 Å². The van der Waals surface area contributed by atoms with Crippen molar-refractivity contribution in [3.05, 3.63) is 30.1 Å². The van der Waals surface area contributed by atoms with Crippen molar-refractivity contribution in [2.75, 3.05) is 0 Å². The Balaban J connectivity index is 2.08. The molecule has 0 saturated heterocycles. The van der Waals surface area contributed by atoms with Gasteiger partial charge in [-0.1, -0.05) is 31.9 Å². The summed E-state index contributed by atoms with van der Waals surface area (Å²) >= 11 is 0. The molecule has 0 atom stereocenters. The Morgan fingerprint density at radius 1 is 1.20 bits per heavy atom. The Kier molecular flexibility index (Phi) is 4.66. The van der Waals surface area contributed by atoms with Gasteiger partial charge in [-0.3, -0.25) is 9.59 Å². The van der Waals surface area contributed by atoms with Crippen LogP contribution >= 0.6 is 0 Å². The average molecular weight is 272 g/mol. The van der Waals surface area contributed by atoms with Crippen molar-refractivity contribution < 1.29 is 9.59 Å². The quantitative estimate of drug-likeness (QED) is 0.441. The van der Waals surface area contributed by atoms with Gasteiger partial charge < -0.3 is 4.57 Å². The molecule has 0 saturated carbocycles. The maximum atomic E-state index is 12.2. The lowest BCUT2D eigenvalue weighted by Crippen LogP contribution is -2.12. The van der Waals surface area contributed by atoms with E-state index in [1.54, 1.807) is 4.57 Å². The van der Waals surface area contributed by atoms with Crippen LogP contribution in [0.5, 0.6) is 0 Å². The van der Waals surface area contributed by atoms with Gasteiger partial charge in [-0.05, 0) is 18.6 Å². The second kappa shape index (κ2) is 6.46. The number of benzene rings is 1. The summed E-state index contributed by atoms with van der Waals surface area (Å²) < 4.78 is 1.76. The van der Waals surface area contributed by atoms with Gasteiger partial charge in [0, 0.05) is 13.5 Å². The number of hydrogen-bond acceptors (Lipinski definition) is 3. The minimum absolute atomic E-state index is 0.00973. The van der Waals surface area contributed by atoms with Gasteiger partial charge in [0.05, 0.1) is 17.5 Å². The molecule has 1 aromatic heterocycles. The predicted octanol–water partition coefficient (Wildman–Crippen LogP) is 3.30. The number of hydrogen-bond donors (Lipinski definition) is 0. The summed E-state index contributed by atoms with van der Waals surface area (Å²) in [5.41, 5.74) is 1.70. The second-order valence-electron chi connectivity index (χ2n) is 5.08. The van der Waals surface area contributed by atoms with Gasteiger partial charge in [0.15, 0.2) is 5.82 Å². The molecule has 20 heavy (non-hydrogen) atoms. The lowest BCUT2D eigenvalue weighted by atomic mass is 10.1. The van der Waals surface area contributed by atoms with E-state index in [9.17, 15) is 9.59 Å². The molecule has 4 nitrogen and oxygen atoms in total. The molecule has 0 amide bonds. The molecule has 2 rings (SSSR count). The molecule has 1 heterocycles. The highest BCUT2D eigenvalue weighted by Crippen LogP contribution is 2.16. The van der Waals surface area contributed by atoms with Crippen LogP contribution in [0.3, 0.4) is 0 Å². The third-order valence-corrected chi connectivity index (χ3v) is 3.45. The molecule has 0 aliphatic carbocycles. The molecule has 0 fully saturated rings. The molecule has 4 heteroatoms. The van der Waals surface area contributed by atoms with Crippen molar-refractivity contribution in [1.29, 1.82) is 0 Å². The predicted molar refractivity (Wildman–Crippen MR) is 78.8 cm³/mol. The molecule has 1 aromatic carbocycles. The zero-order valence-electron chi connectivity index (χ0n) is 12.1. The van der Waals surface area contributed by atoms with Crippen LogP contribution in [0, 0.1) is 0 Å². The monoisotopic (exact) mass is 272 g/mol. The fourth-order valence-electron chi connectivity index (χ4n) is 2.31. The van der Waals surface area contributed by atoms with Crippen LogP contribution in [-0.4, -0.2) is 21.1 Å². The lowest BCUT2D eigenvalue weighted by molar-refractivity contribution is -0.118. The Hall–Kier alpha value is -1.97. The Morgan fingerprint density at radius 2 is 1.95 bits per heavy atom. The van der Waals surface area contributed by atoms with Crippen molar-refractivity contribution in [3.8, 4) is 0 Å².